The summed E-state index contributed by atoms with van der Waals surface area (Å²) in [5, 5.41) is 10.0. The summed E-state index contributed by atoms with van der Waals surface area (Å²) in [6.07, 6.45) is 0. The summed E-state index contributed by atoms with van der Waals surface area (Å²) in [7, 11) is 0. The Kier molecular flexibility index (Phi) is 6.34. The van der Waals surface area contributed by atoms with Crippen LogP contribution in [0.4, 0.5) is 0 Å². The quantitative estimate of drug-likeness (QED) is 0.174. The summed E-state index contributed by atoms with van der Waals surface area (Å²) in [4.78, 5) is 0. The third-order valence-electron chi connectivity index (χ3n) is 11.6. The maximum atomic E-state index is 2.42. The molecule has 0 aliphatic carbocycles. The highest BCUT2D eigenvalue weighted by Gasteiger charge is 2.18. The standard InChI is InChI=1S/C52H33N3/c1-2-13-35-30-40(27-24-34(35)12-1)55-50-23-10-6-19-44(50)46-32-37(26-29-52(46)55)36-25-28-51-45(31-36)43-18-5-9-22-49(43)54(51)39-15-11-14-38(33-39)53-47-20-7-3-16-41(47)42-17-4-8-21-48(42)53/h1-33H. The first-order valence-electron chi connectivity index (χ1n) is 18.9. The molecule has 0 fully saturated rings. The molecule has 0 N–H and O–H groups in total. The molecule has 3 heterocycles. The van der Waals surface area contributed by atoms with Gasteiger partial charge < -0.3 is 13.7 Å². The summed E-state index contributed by atoms with van der Waals surface area (Å²) in [6, 6.07) is 73.3. The van der Waals surface area contributed by atoms with Crippen LogP contribution in [-0.4, -0.2) is 13.7 Å². The lowest BCUT2D eigenvalue weighted by Gasteiger charge is -2.13. The number of aromatic nitrogens is 3. The van der Waals surface area contributed by atoms with E-state index < -0.39 is 0 Å². The van der Waals surface area contributed by atoms with Gasteiger partial charge in [-0.2, -0.15) is 0 Å². The van der Waals surface area contributed by atoms with Gasteiger partial charge in [-0.3, -0.25) is 0 Å². The van der Waals surface area contributed by atoms with Crippen molar-refractivity contribution in [2.75, 3.05) is 0 Å². The maximum Gasteiger partial charge on any atom is 0.0541 e. The fourth-order valence-electron chi connectivity index (χ4n) is 9.15. The zero-order valence-electron chi connectivity index (χ0n) is 29.9. The Balaban J connectivity index is 1.02. The number of fused-ring (bicyclic) bond motifs is 10. The molecule has 12 rings (SSSR count). The molecule has 0 unspecified atom stereocenters. The summed E-state index contributed by atoms with van der Waals surface area (Å²) < 4.78 is 7.23. The Hall–Kier alpha value is -7.36. The molecule has 0 atom stereocenters. The van der Waals surface area contributed by atoms with E-state index in [1.807, 2.05) is 0 Å². The highest BCUT2D eigenvalue weighted by Crippen LogP contribution is 2.39. The van der Waals surface area contributed by atoms with E-state index in [4.69, 9.17) is 0 Å². The van der Waals surface area contributed by atoms with Crippen molar-refractivity contribution < 1.29 is 0 Å². The lowest BCUT2D eigenvalue weighted by atomic mass is 10.0. The molecular weight excluding hydrogens is 667 g/mol. The van der Waals surface area contributed by atoms with Crippen LogP contribution < -0.4 is 0 Å². The average Bonchev–Trinajstić information content (AvgIpc) is 3.89. The zero-order chi connectivity index (χ0) is 36.0. The molecule has 3 nitrogen and oxygen atoms in total. The van der Waals surface area contributed by atoms with Crippen LogP contribution in [0.3, 0.4) is 0 Å². The summed E-state index contributed by atoms with van der Waals surface area (Å²) >= 11 is 0. The molecule has 3 heteroatoms. The van der Waals surface area contributed by atoms with Crippen molar-refractivity contribution in [2.24, 2.45) is 0 Å². The van der Waals surface area contributed by atoms with Crippen molar-refractivity contribution in [3.63, 3.8) is 0 Å². The highest BCUT2D eigenvalue weighted by molar-refractivity contribution is 6.13. The molecule has 12 aromatic rings. The summed E-state index contributed by atoms with van der Waals surface area (Å²) in [6.45, 7) is 0. The molecule has 0 saturated heterocycles. The third-order valence-corrected chi connectivity index (χ3v) is 11.6. The Bertz CT molecular complexity index is 3450. The maximum absolute atomic E-state index is 2.42. The van der Waals surface area contributed by atoms with E-state index in [0.717, 1.165) is 11.4 Å². The minimum absolute atomic E-state index is 1.14. The number of hydrogen-bond donors (Lipinski definition) is 0. The Morgan fingerprint density at radius 1 is 0.218 bits per heavy atom. The zero-order valence-corrected chi connectivity index (χ0v) is 29.9. The van der Waals surface area contributed by atoms with Crippen LogP contribution in [-0.2, 0) is 0 Å². The summed E-state index contributed by atoms with van der Waals surface area (Å²) in [5.74, 6) is 0. The normalized spacial score (nSPS) is 12.0. The predicted octanol–water partition coefficient (Wildman–Crippen LogP) is 13.8. The van der Waals surface area contributed by atoms with Gasteiger partial charge in [0.05, 0.1) is 33.1 Å². The van der Waals surface area contributed by atoms with Gasteiger partial charge in [0.2, 0.25) is 0 Å². The van der Waals surface area contributed by atoms with Gasteiger partial charge in [-0.25, -0.2) is 0 Å². The molecule has 9 aromatic carbocycles. The lowest BCUT2D eigenvalue weighted by molar-refractivity contribution is 1.13. The van der Waals surface area contributed by atoms with Crippen LogP contribution in [0.2, 0.25) is 0 Å². The second-order valence-electron chi connectivity index (χ2n) is 14.6. The van der Waals surface area contributed by atoms with Gasteiger partial charge in [-0.1, -0.05) is 121 Å². The Morgan fingerprint density at radius 2 is 0.600 bits per heavy atom. The van der Waals surface area contributed by atoms with Crippen molar-refractivity contribution in [3.8, 4) is 28.2 Å². The molecule has 0 aliphatic heterocycles. The van der Waals surface area contributed by atoms with E-state index in [0.29, 0.717) is 0 Å². The first-order valence-corrected chi connectivity index (χ1v) is 18.9. The smallest absolute Gasteiger partial charge is 0.0541 e. The van der Waals surface area contributed by atoms with Gasteiger partial charge in [-0.05, 0) is 101 Å². The minimum Gasteiger partial charge on any atom is -0.309 e. The van der Waals surface area contributed by atoms with Crippen LogP contribution in [0, 0.1) is 0 Å². The molecule has 0 bridgehead atoms. The van der Waals surface area contributed by atoms with Crippen molar-refractivity contribution >= 4 is 76.2 Å². The molecule has 3 aromatic heterocycles. The predicted molar refractivity (Wildman–Crippen MR) is 232 cm³/mol. The molecular formula is C52H33N3. The average molecular weight is 700 g/mol. The van der Waals surface area contributed by atoms with Crippen molar-refractivity contribution in [1.82, 2.24) is 13.7 Å². The van der Waals surface area contributed by atoms with Gasteiger partial charge in [0.25, 0.3) is 0 Å². The van der Waals surface area contributed by atoms with Crippen LogP contribution in [0.1, 0.15) is 0 Å². The summed E-state index contributed by atoms with van der Waals surface area (Å²) in [5.41, 5.74) is 13.1. The molecule has 0 radical (unpaired) electrons. The Labute approximate surface area is 317 Å². The molecule has 0 amide bonds. The third kappa shape index (κ3) is 4.44. The minimum atomic E-state index is 1.14. The fraction of sp³-hybridized carbons (Fsp3) is 0. The van der Waals surface area contributed by atoms with Gasteiger partial charge in [-0.15, -0.1) is 0 Å². The highest BCUT2D eigenvalue weighted by atomic mass is 15.0. The monoisotopic (exact) mass is 699 g/mol. The number of hydrogen-bond acceptors (Lipinski definition) is 0. The van der Waals surface area contributed by atoms with Crippen LogP contribution in [0.25, 0.3) is 104 Å². The first-order chi connectivity index (χ1) is 27.3. The topological polar surface area (TPSA) is 14.8 Å². The first kappa shape index (κ1) is 30.1. The lowest BCUT2D eigenvalue weighted by Crippen LogP contribution is -1.98. The van der Waals surface area contributed by atoms with Crippen molar-refractivity contribution in [2.45, 2.75) is 0 Å². The van der Waals surface area contributed by atoms with Crippen LogP contribution >= 0.6 is 0 Å². The fourth-order valence-corrected chi connectivity index (χ4v) is 9.15. The van der Waals surface area contributed by atoms with Crippen molar-refractivity contribution in [1.29, 1.82) is 0 Å². The van der Waals surface area contributed by atoms with E-state index in [-0.39, 0.29) is 0 Å². The van der Waals surface area contributed by atoms with Crippen LogP contribution in [0.15, 0.2) is 200 Å². The van der Waals surface area contributed by atoms with Crippen molar-refractivity contribution in [3.05, 3.63) is 200 Å². The molecule has 0 aliphatic rings. The number of para-hydroxylation sites is 4. The second kappa shape index (κ2) is 11.6. The van der Waals surface area contributed by atoms with Crippen LogP contribution in [0.5, 0.6) is 0 Å². The van der Waals surface area contributed by atoms with E-state index in [1.165, 1.54) is 93.0 Å². The molecule has 55 heavy (non-hydrogen) atoms. The van der Waals surface area contributed by atoms with E-state index >= 15 is 0 Å². The van der Waals surface area contributed by atoms with Gasteiger partial charge in [0.15, 0.2) is 0 Å². The number of nitrogens with zero attached hydrogens (tertiary/aromatic N) is 3. The number of rotatable bonds is 4. The molecule has 0 saturated carbocycles. The van der Waals surface area contributed by atoms with E-state index in [9.17, 15) is 0 Å². The van der Waals surface area contributed by atoms with E-state index in [1.54, 1.807) is 0 Å². The molecule has 0 spiro atoms. The van der Waals surface area contributed by atoms with Gasteiger partial charge >= 0.3 is 0 Å². The van der Waals surface area contributed by atoms with Gasteiger partial charge in [0, 0.05) is 49.4 Å². The SMILES string of the molecule is c1cc(-n2c3ccccc3c3ccccc32)cc(-n2c3ccccc3c3cc(-c4ccc5c(c4)c4ccccc4n5-c4ccc5ccccc5c4)ccc32)c1. The Morgan fingerprint density at radius 3 is 1.09 bits per heavy atom. The molecule has 256 valence electrons. The largest absolute Gasteiger partial charge is 0.309 e. The second-order valence-corrected chi connectivity index (χ2v) is 14.6. The van der Waals surface area contributed by atoms with Gasteiger partial charge in [0.1, 0.15) is 0 Å². The van der Waals surface area contributed by atoms with E-state index in [2.05, 4.69) is 214 Å². The number of benzene rings is 9.